The van der Waals surface area contributed by atoms with Gasteiger partial charge in [-0.1, -0.05) is 6.07 Å². The van der Waals surface area contributed by atoms with Crippen molar-refractivity contribution in [2.75, 3.05) is 18.2 Å². The number of aliphatic imine (C=N–C) groups is 1. The Kier molecular flexibility index (Phi) is 5.60. The average molecular weight is 303 g/mol. The number of aromatic amines is 1. The highest BCUT2D eigenvalue weighted by atomic mass is 35.5. The largest absolute Gasteiger partial charge is 0.361 e. The van der Waals surface area contributed by atoms with Crippen LogP contribution < -0.4 is 10.6 Å². The van der Waals surface area contributed by atoms with E-state index in [0.29, 0.717) is 5.88 Å². The lowest BCUT2D eigenvalue weighted by molar-refractivity contribution is 0.823. The molecule has 1 heterocycles. The van der Waals surface area contributed by atoms with E-state index in [1.807, 2.05) is 25.4 Å². The Hall–Kier alpha value is -2.04. The summed E-state index contributed by atoms with van der Waals surface area (Å²) in [6, 6.07) is 6.23. The molecule has 0 aliphatic carbocycles. The molecule has 0 amide bonds. The van der Waals surface area contributed by atoms with E-state index in [0.717, 1.165) is 23.4 Å². The zero-order chi connectivity index (χ0) is 15.1. The highest BCUT2D eigenvalue weighted by Gasteiger charge is 2.04. The zero-order valence-corrected chi connectivity index (χ0v) is 12.7. The van der Waals surface area contributed by atoms with E-state index < -0.39 is 0 Å². The molecule has 5 heteroatoms. The van der Waals surface area contributed by atoms with Crippen molar-refractivity contribution in [1.82, 2.24) is 10.3 Å². The third kappa shape index (κ3) is 3.97. The molecule has 110 valence electrons. The van der Waals surface area contributed by atoms with Crippen LogP contribution in [0, 0.1) is 0 Å². The molecule has 0 bridgehead atoms. The fourth-order valence-corrected chi connectivity index (χ4v) is 2.28. The van der Waals surface area contributed by atoms with Crippen LogP contribution in [0.4, 0.5) is 5.69 Å². The van der Waals surface area contributed by atoms with Gasteiger partial charge in [0.05, 0.1) is 5.88 Å². The molecular formula is C16H19ClN4. The second-order valence-electron chi connectivity index (χ2n) is 4.58. The topological polar surface area (TPSA) is 52.2 Å². The van der Waals surface area contributed by atoms with Crippen molar-refractivity contribution >= 4 is 34.9 Å². The third-order valence-corrected chi connectivity index (χ3v) is 3.36. The molecule has 0 spiro atoms. The van der Waals surface area contributed by atoms with Gasteiger partial charge in [-0.25, -0.2) is 0 Å². The van der Waals surface area contributed by atoms with Crippen LogP contribution in [0.1, 0.15) is 5.56 Å². The van der Waals surface area contributed by atoms with Gasteiger partial charge in [0.15, 0.2) is 0 Å². The van der Waals surface area contributed by atoms with Gasteiger partial charge < -0.3 is 15.6 Å². The molecule has 2 aromatic rings. The number of allylic oxidation sites excluding steroid dienone is 3. The number of anilines is 1. The summed E-state index contributed by atoms with van der Waals surface area (Å²) in [5, 5.41) is 7.69. The van der Waals surface area contributed by atoms with Crippen LogP contribution in [-0.4, -0.2) is 24.6 Å². The monoisotopic (exact) mass is 302 g/mol. The smallest absolute Gasteiger partial charge is 0.0625 e. The zero-order valence-electron chi connectivity index (χ0n) is 12.0. The Labute approximate surface area is 129 Å². The summed E-state index contributed by atoms with van der Waals surface area (Å²) in [5.41, 5.74) is 4.25. The van der Waals surface area contributed by atoms with E-state index in [2.05, 4.69) is 39.5 Å². The minimum atomic E-state index is 0.398. The summed E-state index contributed by atoms with van der Waals surface area (Å²) in [6.07, 6.45) is 7.33. The predicted molar refractivity (Wildman–Crippen MR) is 92.2 cm³/mol. The van der Waals surface area contributed by atoms with Crippen LogP contribution in [-0.2, 0) is 6.54 Å². The number of rotatable bonds is 7. The molecular weight excluding hydrogens is 284 g/mol. The van der Waals surface area contributed by atoms with Gasteiger partial charge in [0.1, 0.15) is 0 Å². The Morgan fingerprint density at radius 1 is 1.48 bits per heavy atom. The molecule has 1 aromatic carbocycles. The Bertz CT molecular complexity index is 670. The molecule has 0 aliphatic rings. The van der Waals surface area contributed by atoms with E-state index in [1.54, 1.807) is 12.3 Å². The summed E-state index contributed by atoms with van der Waals surface area (Å²) >= 11 is 5.93. The second kappa shape index (κ2) is 7.67. The molecule has 2 rings (SSSR count). The van der Waals surface area contributed by atoms with E-state index >= 15 is 0 Å². The van der Waals surface area contributed by atoms with Crippen molar-refractivity contribution in [3.8, 4) is 0 Å². The first-order valence-corrected chi connectivity index (χ1v) is 7.21. The lowest BCUT2D eigenvalue weighted by atomic mass is 10.1. The van der Waals surface area contributed by atoms with Crippen molar-refractivity contribution in [3.05, 3.63) is 54.0 Å². The molecule has 0 unspecified atom stereocenters. The van der Waals surface area contributed by atoms with Crippen LogP contribution in [0.15, 0.2) is 53.4 Å². The predicted octanol–water partition coefficient (Wildman–Crippen LogP) is 3.64. The van der Waals surface area contributed by atoms with Crippen LogP contribution >= 0.6 is 11.6 Å². The Balaban J connectivity index is 2.20. The van der Waals surface area contributed by atoms with Gasteiger partial charge in [-0.05, 0) is 43.6 Å². The van der Waals surface area contributed by atoms with Crippen molar-refractivity contribution in [1.29, 1.82) is 0 Å². The van der Waals surface area contributed by atoms with E-state index in [1.165, 1.54) is 10.9 Å². The van der Waals surface area contributed by atoms with Gasteiger partial charge in [-0.15, -0.1) is 11.6 Å². The molecule has 0 fully saturated rings. The summed E-state index contributed by atoms with van der Waals surface area (Å²) in [4.78, 5) is 6.94. The molecule has 0 saturated heterocycles. The Morgan fingerprint density at radius 2 is 2.33 bits per heavy atom. The van der Waals surface area contributed by atoms with Crippen molar-refractivity contribution in [2.24, 2.45) is 4.99 Å². The van der Waals surface area contributed by atoms with Crippen molar-refractivity contribution < 1.29 is 0 Å². The number of nitrogens with one attached hydrogen (secondary N) is 3. The summed E-state index contributed by atoms with van der Waals surface area (Å²) in [7, 11) is 1.94. The maximum atomic E-state index is 5.93. The number of halogens is 1. The summed E-state index contributed by atoms with van der Waals surface area (Å²) in [5.74, 6) is 0.398. The third-order valence-electron chi connectivity index (χ3n) is 3.07. The molecule has 0 radical (unpaired) electrons. The van der Waals surface area contributed by atoms with Gasteiger partial charge in [0.2, 0.25) is 0 Å². The number of fused-ring (bicyclic) bond motifs is 1. The maximum absolute atomic E-state index is 5.93. The quantitative estimate of drug-likeness (QED) is 0.415. The van der Waals surface area contributed by atoms with Gasteiger partial charge >= 0.3 is 0 Å². The highest BCUT2D eigenvalue weighted by Crippen LogP contribution is 2.23. The van der Waals surface area contributed by atoms with Crippen LogP contribution in [0.2, 0.25) is 0 Å². The second-order valence-corrected chi connectivity index (χ2v) is 4.85. The molecule has 3 N–H and O–H groups in total. The number of alkyl halides is 1. The molecule has 0 atom stereocenters. The maximum Gasteiger partial charge on any atom is 0.0625 e. The Morgan fingerprint density at radius 3 is 3.05 bits per heavy atom. The van der Waals surface area contributed by atoms with Crippen LogP contribution in [0.5, 0.6) is 0 Å². The first-order chi connectivity index (χ1) is 10.3. The first kappa shape index (κ1) is 15.4. The minimum absolute atomic E-state index is 0.398. The average Bonchev–Trinajstić information content (AvgIpc) is 2.89. The lowest BCUT2D eigenvalue weighted by Gasteiger charge is -2.08. The summed E-state index contributed by atoms with van der Waals surface area (Å²) < 4.78 is 0. The fraction of sp³-hybridized carbons (Fsp3) is 0.188. The number of H-pyrrole nitrogens is 1. The first-order valence-electron chi connectivity index (χ1n) is 6.67. The number of hydrogen-bond donors (Lipinski definition) is 3. The SMILES string of the molecule is C=N/C=C\C=C(/CCl)Nc1ccc2c(CNC)c[nH]c2c1. The lowest BCUT2D eigenvalue weighted by Crippen LogP contribution is -2.04. The van der Waals surface area contributed by atoms with Crippen LogP contribution in [0.25, 0.3) is 10.9 Å². The molecule has 0 saturated carbocycles. The summed E-state index contributed by atoms with van der Waals surface area (Å²) in [6.45, 7) is 4.24. The van der Waals surface area contributed by atoms with E-state index in [-0.39, 0.29) is 0 Å². The highest BCUT2D eigenvalue weighted by molar-refractivity contribution is 6.19. The normalized spacial score (nSPS) is 12.2. The van der Waals surface area contributed by atoms with E-state index in [9.17, 15) is 0 Å². The van der Waals surface area contributed by atoms with Gasteiger partial charge in [-0.3, -0.25) is 4.99 Å². The standard InChI is InChI=1S/C16H19ClN4/c1-18-7-3-4-14(9-17)21-13-5-6-15-12(10-19-2)11-20-16(15)8-13/h3-8,11,19-21H,1,9-10H2,2H3/b7-3-,14-4+. The molecule has 0 aliphatic heterocycles. The molecule has 4 nitrogen and oxygen atoms in total. The number of aromatic nitrogens is 1. The number of hydrogen-bond acceptors (Lipinski definition) is 3. The van der Waals surface area contributed by atoms with Gasteiger partial charge in [-0.2, -0.15) is 0 Å². The van der Waals surface area contributed by atoms with Gasteiger partial charge in [0, 0.05) is 41.2 Å². The van der Waals surface area contributed by atoms with E-state index in [4.69, 9.17) is 11.6 Å². The number of nitrogens with zero attached hydrogens (tertiary/aromatic N) is 1. The van der Waals surface area contributed by atoms with Crippen molar-refractivity contribution in [2.45, 2.75) is 6.54 Å². The minimum Gasteiger partial charge on any atom is -0.361 e. The number of benzene rings is 1. The van der Waals surface area contributed by atoms with Crippen molar-refractivity contribution in [3.63, 3.8) is 0 Å². The molecule has 1 aromatic heterocycles. The molecule has 21 heavy (non-hydrogen) atoms. The fourth-order valence-electron chi connectivity index (χ4n) is 2.13. The van der Waals surface area contributed by atoms with Crippen LogP contribution in [0.3, 0.4) is 0 Å². The van der Waals surface area contributed by atoms with Gasteiger partial charge in [0.25, 0.3) is 0 Å².